The first-order chi connectivity index (χ1) is 18.4. The molecule has 0 fully saturated rings. The Hall–Kier alpha value is -4.79. The minimum Gasteiger partial charge on any atom is -0.355 e. The molecule has 184 valence electrons. The molecule has 0 amide bonds. The van der Waals surface area contributed by atoms with Crippen LogP contribution in [0.1, 0.15) is 22.8 Å². The molecule has 0 saturated carbocycles. The Morgan fingerprint density at radius 1 is 0.658 bits per heavy atom. The fourth-order valence-electron chi connectivity index (χ4n) is 5.05. The number of nitrogens with zero attached hydrogens (tertiary/aromatic N) is 2. The molecular weight excluding hydrogens is 496 g/mol. The lowest BCUT2D eigenvalue weighted by Gasteiger charge is -2.08. The van der Waals surface area contributed by atoms with Gasteiger partial charge in [-0.3, -0.25) is 4.55 Å². The summed E-state index contributed by atoms with van der Waals surface area (Å²) in [6, 6.07) is 25.3. The van der Waals surface area contributed by atoms with Gasteiger partial charge in [0.1, 0.15) is 4.90 Å². The molecule has 0 spiro atoms. The van der Waals surface area contributed by atoms with Crippen molar-refractivity contribution in [2.45, 2.75) is 4.90 Å². The monoisotopic (exact) mass is 516 g/mol. The second-order valence-corrected chi connectivity index (χ2v) is 10.5. The lowest BCUT2D eigenvalue weighted by molar-refractivity contribution is 0.483. The summed E-state index contributed by atoms with van der Waals surface area (Å²) in [5.74, 6) is 0. The molecule has 7 nitrogen and oxygen atoms in total. The van der Waals surface area contributed by atoms with E-state index < -0.39 is 10.1 Å². The average molecular weight is 517 g/mol. The number of nitrogens with one attached hydrogen (secondary N) is 2. The summed E-state index contributed by atoms with van der Waals surface area (Å²) in [5, 5.41) is 2.11. The predicted molar refractivity (Wildman–Crippen MR) is 152 cm³/mol. The predicted octanol–water partition coefficient (Wildman–Crippen LogP) is 6.72. The fourth-order valence-corrected chi connectivity index (χ4v) is 5.82. The van der Waals surface area contributed by atoms with E-state index in [2.05, 4.69) is 33.2 Å². The van der Waals surface area contributed by atoms with Gasteiger partial charge in [0.05, 0.1) is 28.3 Å². The zero-order chi connectivity index (χ0) is 25.9. The number of benzene rings is 2. The second kappa shape index (κ2) is 8.37. The second-order valence-electron chi connectivity index (χ2n) is 9.16. The van der Waals surface area contributed by atoms with E-state index in [1.807, 2.05) is 60.7 Å². The minimum absolute atomic E-state index is 0.146. The van der Waals surface area contributed by atoms with Gasteiger partial charge in [-0.15, -0.1) is 0 Å². The minimum atomic E-state index is -4.61. The standard InChI is InChI=1S/C30H20N4O3S/c35-38(36,37)30-27-13-11-22(33-27)17-20-9-8-19(31-20)16-21-10-12-25(32-21)29(26-14-15-28(30)34-26)24-7-3-5-18-4-1-2-6-23(18)24/h1-17,32-33H,(H,35,36,37). The smallest absolute Gasteiger partial charge is 0.298 e. The normalized spacial score (nSPS) is 12.9. The molecule has 0 radical (unpaired) electrons. The summed E-state index contributed by atoms with van der Waals surface area (Å²) >= 11 is 0. The Balaban J connectivity index is 1.68. The van der Waals surface area contributed by atoms with E-state index in [9.17, 15) is 13.0 Å². The first-order valence-electron chi connectivity index (χ1n) is 12.0. The molecule has 2 aliphatic rings. The topological polar surface area (TPSA) is 112 Å². The zero-order valence-corrected chi connectivity index (χ0v) is 20.7. The van der Waals surface area contributed by atoms with Crippen LogP contribution in [0.25, 0.3) is 68.3 Å². The van der Waals surface area contributed by atoms with Gasteiger partial charge in [-0.2, -0.15) is 8.42 Å². The molecule has 5 heterocycles. The molecule has 3 N–H and O–H groups in total. The van der Waals surface area contributed by atoms with Gasteiger partial charge in [-0.1, -0.05) is 42.5 Å². The lowest BCUT2D eigenvalue weighted by Crippen LogP contribution is -2.01. The number of rotatable bonds is 2. The summed E-state index contributed by atoms with van der Waals surface area (Å²) in [5.41, 5.74) is 6.55. The molecule has 2 aliphatic heterocycles. The Kier molecular flexibility index (Phi) is 4.94. The quantitative estimate of drug-likeness (QED) is 0.221. The van der Waals surface area contributed by atoms with Crippen molar-refractivity contribution in [3.8, 4) is 11.1 Å². The Labute approximate surface area is 217 Å². The van der Waals surface area contributed by atoms with E-state index in [-0.39, 0.29) is 16.1 Å². The van der Waals surface area contributed by atoms with Crippen molar-refractivity contribution in [1.29, 1.82) is 0 Å². The van der Waals surface area contributed by atoms with Crippen LogP contribution in [0.3, 0.4) is 0 Å². The molecule has 0 unspecified atom stereocenters. The fraction of sp³-hybridized carbons (Fsp3) is 0. The van der Waals surface area contributed by atoms with E-state index in [0.29, 0.717) is 16.9 Å². The third-order valence-corrected chi connectivity index (χ3v) is 7.61. The number of aromatic amines is 2. The maximum Gasteiger partial charge on any atom is 0.298 e. The van der Waals surface area contributed by atoms with Crippen molar-refractivity contribution in [2.75, 3.05) is 0 Å². The van der Waals surface area contributed by atoms with Crippen LogP contribution in [0, 0.1) is 0 Å². The number of hydrogen-bond donors (Lipinski definition) is 3. The first-order valence-corrected chi connectivity index (χ1v) is 13.4. The maximum absolute atomic E-state index is 12.6. The number of H-pyrrole nitrogens is 2. The summed E-state index contributed by atoms with van der Waals surface area (Å²) in [4.78, 5) is 15.7. The number of fused-ring (bicyclic) bond motifs is 9. The van der Waals surface area contributed by atoms with Crippen LogP contribution >= 0.6 is 0 Å². The van der Waals surface area contributed by atoms with Crippen LogP contribution in [0.15, 0.2) is 83.8 Å². The highest BCUT2D eigenvalue weighted by molar-refractivity contribution is 7.86. The highest BCUT2D eigenvalue weighted by Gasteiger charge is 2.21. The van der Waals surface area contributed by atoms with Crippen LogP contribution in [-0.4, -0.2) is 32.9 Å². The molecule has 0 atom stereocenters. The SMILES string of the molecule is O=S(=O)(O)c1c2nc(c(-c3cccc4ccccc34)c3ccc(cc4nc(cc5ccc1[nH]5)C=C4)[nH]3)C=C2. The van der Waals surface area contributed by atoms with Crippen LogP contribution < -0.4 is 0 Å². The Bertz CT molecular complexity index is 2110. The van der Waals surface area contributed by atoms with Gasteiger partial charge < -0.3 is 9.97 Å². The van der Waals surface area contributed by atoms with Gasteiger partial charge in [-0.05, 0) is 77.0 Å². The molecular formula is C30H20N4O3S. The highest BCUT2D eigenvalue weighted by atomic mass is 32.2. The molecule has 8 heteroatoms. The van der Waals surface area contributed by atoms with Gasteiger partial charge in [0.2, 0.25) is 0 Å². The number of aromatic nitrogens is 4. The van der Waals surface area contributed by atoms with Gasteiger partial charge in [0.25, 0.3) is 10.1 Å². The van der Waals surface area contributed by atoms with Crippen molar-refractivity contribution in [3.05, 3.63) is 102 Å². The molecule has 0 aliphatic carbocycles. The first kappa shape index (κ1) is 22.4. The zero-order valence-electron chi connectivity index (χ0n) is 19.9. The average Bonchev–Trinajstić information content (AvgIpc) is 3.69. The number of hydrogen-bond acceptors (Lipinski definition) is 4. The van der Waals surface area contributed by atoms with Crippen molar-refractivity contribution in [2.24, 2.45) is 0 Å². The third kappa shape index (κ3) is 3.83. The third-order valence-electron chi connectivity index (χ3n) is 6.67. The van der Waals surface area contributed by atoms with E-state index in [0.717, 1.165) is 38.6 Å². The van der Waals surface area contributed by atoms with Crippen LogP contribution in [0.5, 0.6) is 0 Å². The summed E-state index contributed by atoms with van der Waals surface area (Å²) < 4.78 is 35.4. The largest absolute Gasteiger partial charge is 0.355 e. The van der Waals surface area contributed by atoms with Crippen LogP contribution in [0.4, 0.5) is 0 Å². The maximum atomic E-state index is 12.6. The van der Waals surface area contributed by atoms with Crippen LogP contribution in [-0.2, 0) is 10.1 Å². The lowest BCUT2D eigenvalue weighted by atomic mass is 9.97. The van der Waals surface area contributed by atoms with Crippen molar-refractivity contribution in [1.82, 2.24) is 19.9 Å². The molecule has 8 bridgehead atoms. The van der Waals surface area contributed by atoms with Crippen molar-refractivity contribution < 1.29 is 13.0 Å². The van der Waals surface area contributed by atoms with Gasteiger partial charge in [-0.25, -0.2) is 9.97 Å². The Morgan fingerprint density at radius 3 is 2.08 bits per heavy atom. The van der Waals surface area contributed by atoms with Crippen molar-refractivity contribution in [3.63, 3.8) is 0 Å². The van der Waals surface area contributed by atoms with Gasteiger partial charge in [0, 0.05) is 22.1 Å². The molecule has 7 rings (SSSR count). The Morgan fingerprint density at radius 2 is 1.32 bits per heavy atom. The van der Waals surface area contributed by atoms with E-state index in [4.69, 9.17) is 4.98 Å². The molecule has 3 aromatic heterocycles. The molecule has 38 heavy (non-hydrogen) atoms. The van der Waals surface area contributed by atoms with Gasteiger partial charge >= 0.3 is 0 Å². The highest BCUT2D eigenvalue weighted by Crippen LogP contribution is 2.35. The summed E-state index contributed by atoms with van der Waals surface area (Å²) in [7, 11) is -4.61. The van der Waals surface area contributed by atoms with E-state index >= 15 is 0 Å². The molecule has 2 aromatic carbocycles. The molecule has 5 aromatic rings. The summed E-state index contributed by atoms with van der Waals surface area (Å²) in [6.45, 7) is 0. The summed E-state index contributed by atoms with van der Waals surface area (Å²) in [6.07, 6.45) is 7.21. The van der Waals surface area contributed by atoms with E-state index in [1.54, 1.807) is 24.3 Å². The van der Waals surface area contributed by atoms with Crippen LogP contribution in [0.2, 0.25) is 0 Å². The van der Waals surface area contributed by atoms with Crippen molar-refractivity contribution >= 4 is 67.3 Å². The van der Waals surface area contributed by atoms with Gasteiger partial charge in [0.15, 0.2) is 0 Å². The molecule has 0 saturated heterocycles. The van der Waals surface area contributed by atoms with E-state index in [1.165, 1.54) is 0 Å².